The third kappa shape index (κ3) is 40.3. The van der Waals surface area contributed by atoms with Crippen molar-refractivity contribution in [2.24, 2.45) is 28.7 Å². The van der Waals surface area contributed by atoms with E-state index in [4.69, 9.17) is 28.7 Å². The zero-order valence-corrected chi connectivity index (χ0v) is 88.1. The molecule has 1 fully saturated rings. The first-order valence-electron chi connectivity index (χ1n) is 51.2. The summed E-state index contributed by atoms with van der Waals surface area (Å²) >= 11 is 0. The average molecular weight is 2110 g/mol. The molecule has 12 amide bonds. The summed E-state index contributed by atoms with van der Waals surface area (Å²) in [6.07, 6.45) is 3.02. The summed E-state index contributed by atoms with van der Waals surface area (Å²) in [5.74, 6) is -11.4. The Kier molecular flexibility index (Phi) is 53.5. The number of nitrogens with two attached hydrogens (primary N) is 5. The predicted octanol–water partition coefficient (Wildman–Crippen LogP) is 6.34. The number of primary amides is 1. The van der Waals surface area contributed by atoms with Crippen molar-refractivity contribution >= 4 is 88.8 Å². The van der Waals surface area contributed by atoms with Crippen LogP contribution in [0.1, 0.15) is 181 Å². The Labute approximate surface area is 886 Å². The van der Waals surface area contributed by atoms with E-state index in [0.717, 1.165) is 0 Å². The van der Waals surface area contributed by atoms with Crippen LogP contribution in [0, 0.1) is 0 Å². The fraction of sp³-hybridized carbons (Fsp3) is 0.482. The Morgan fingerprint density at radius 2 is 0.383 bits per heavy atom. The van der Waals surface area contributed by atoms with Gasteiger partial charge in [0.15, 0.2) is 0 Å². The molecule has 811 valence electrons. The SMILES string of the molecule is C[C@@H](c1ccccc1)N(CC(N)=O)C(=O)CN(CCCCN)C(=O)CN(C(=O)CN(C(=O)CN(CCCCN)C(=O)CN(C(=O)CN(C(=O)CN(CCCCN)C(=O)CN(C(=O)CN(C(=O)CN(CCCCN)C(=O)CN1CCN(CC(=O)O)CCN(CC(=O)O)CCN(CC(=O)O)CC1)[C@@H](C)c1ccccc1)[C@@H](C)c1ccccc1)[C@@H](C)c1ccccc1)[C@@H](C)c1ccccc1)[C@@H](C)c1ccccc1)[C@@H](C)c1ccccc1.[64Cu+2]. The summed E-state index contributed by atoms with van der Waals surface area (Å²) in [6, 6.07) is 56.7. The van der Waals surface area contributed by atoms with E-state index in [1.807, 2.05) is 18.2 Å². The first-order valence-corrected chi connectivity index (χ1v) is 51.2. The van der Waals surface area contributed by atoms with Crippen LogP contribution in [0.5, 0.6) is 0 Å². The van der Waals surface area contributed by atoms with E-state index in [0.29, 0.717) is 77.5 Å². The van der Waals surface area contributed by atoms with Gasteiger partial charge in [-0.3, -0.25) is 91.5 Å². The van der Waals surface area contributed by atoms with Crippen molar-refractivity contribution in [1.82, 2.24) is 73.5 Å². The van der Waals surface area contributed by atoms with Crippen LogP contribution < -0.4 is 28.7 Å². The van der Waals surface area contributed by atoms with Crippen LogP contribution in [0.25, 0.3) is 0 Å². The molecule has 149 heavy (non-hydrogen) atoms. The Balaban J connectivity index is 0.0000300. The second-order valence-electron chi connectivity index (χ2n) is 37.8. The number of hydrogen-bond acceptors (Lipinski definition) is 23. The van der Waals surface area contributed by atoms with Gasteiger partial charge >= 0.3 is 35.0 Å². The number of aliphatic carboxylic acids is 3. The Bertz CT molecular complexity index is 5280. The molecule has 1 saturated heterocycles. The zero-order valence-electron chi connectivity index (χ0n) is 87.2. The van der Waals surface area contributed by atoms with Gasteiger partial charge in [-0.25, -0.2) is 0 Å². The number of hydrogen-bond donors (Lipinski definition) is 8. The first kappa shape index (κ1) is 123. The van der Waals surface area contributed by atoms with Gasteiger partial charge in [0.25, 0.3) is 0 Å². The van der Waals surface area contributed by atoms with Gasteiger partial charge in [-0.1, -0.05) is 212 Å². The number of amides is 12. The van der Waals surface area contributed by atoms with E-state index in [2.05, 4.69) is 0 Å². The molecular formula is C110H154CuN20O18+2. The smallest absolute Gasteiger partial charge is 0.480 e. The number of rotatable bonds is 60. The minimum absolute atomic E-state index is 0. The molecule has 1 aliphatic heterocycles. The van der Waals surface area contributed by atoms with Gasteiger partial charge in [-0.15, -0.1) is 0 Å². The van der Waals surface area contributed by atoms with Crippen LogP contribution in [0.3, 0.4) is 0 Å². The van der Waals surface area contributed by atoms with E-state index in [9.17, 15) is 39.3 Å². The van der Waals surface area contributed by atoms with E-state index in [1.165, 1.54) is 53.9 Å². The Morgan fingerprint density at radius 1 is 0.228 bits per heavy atom. The Hall–Kier alpha value is -13.2. The molecule has 1 aliphatic rings. The fourth-order valence-corrected chi connectivity index (χ4v) is 18.1. The predicted molar refractivity (Wildman–Crippen MR) is 563 cm³/mol. The van der Waals surface area contributed by atoms with Crippen molar-refractivity contribution in [1.29, 1.82) is 0 Å². The van der Waals surface area contributed by atoms with Gasteiger partial charge in [-0.2, -0.15) is 0 Å². The van der Waals surface area contributed by atoms with Crippen LogP contribution >= 0.6 is 0 Å². The van der Waals surface area contributed by atoms with Crippen molar-refractivity contribution in [2.75, 3.05) is 203 Å². The standard InChI is InChI=1S/C110H154N20O18.Cu/c1-82(89-37-15-8-16-38-89)124(67-96(115)131)101(136)69-121(56-34-30-52-112)98(133)73-125(83(2)90-39-17-9-18-40-90)106(141)77-129(87(6)94-47-25-13-26-48-94)103(138)71-123(58-36-32-54-114)100(135)75-127(85(4)92-43-21-11-22-44-92)107(142)78-130(88(7)95-49-27-14-28-50-95)104(139)72-122(57-35-31-53-113)99(134)74-126(84(3)91-41-19-10-20-42-91)105(140)76-128(86(5)93-45-23-12-24-46-93)102(137)70-120(55-33-29-51-111)97(132)68-116-59-61-117(79-108(143)144)63-65-119(81-110(147)148)66-64-118(62-60-116)80-109(145)146;/h8-28,37-50,82-88H,29-36,51-81,111-114H2,1-7H3,(H2,115,131)(H,143,144)(H,145,146)(H,147,148);/q;+2/t82-,83-,84-,85-,86-,87-,88-;/m0./s1/i;1+0. The topological polar surface area (TPSA) is 495 Å². The van der Waals surface area contributed by atoms with Crippen LogP contribution in [-0.2, 0) is 89.0 Å². The van der Waals surface area contributed by atoms with Crippen molar-refractivity contribution in [3.63, 3.8) is 0 Å². The molecule has 0 bridgehead atoms. The molecule has 38 nitrogen and oxygen atoms in total. The largest absolute Gasteiger partial charge is 2.00 e. The molecule has 7 atom stereocenters. The minimum atomic E-state index is -1.13. The van der Waals surface area contributed by atoms with Crippen molar-refractivity contribution < 1.29 is 104 Å². The number of unbranched alkanes of at least 4 members (excludes halogenated alkanes) is 4. The molecule has 1 radical (unpaired) electrons. The Morgan fingerprint density at radius 3 is 0.550 bits per heavy atom. The number of carboxylic acid groups (broad SMARTS) is 3. The number of carbonyl (C=O) groups is 15. The van der Waals surface area contributed by atoms with Gasteiger partial charge in [0, 0.05) is 78.5 Å². The maximum atomic E-state index is 16.2. The van der Waals surface area contributed by atoms with Crippen LogP contribution in [0.2, 0.25) is 0 Å². The third-order valence-electron chi connectivity index (χ3n) is 27.3. The minimum Gasteiger partial charge on any atom is -0.480 e. The van der Waals surface area contributed by atoms with Gasteiger partial charge in [-0.05, 0) is 165 Å². The summed E-state index contributed by atoms with van der Waals surface area (Å²) in [4.78, 5) is 243. The van der Waals surface area contributed by atoms with E-state index in [-0.39, 0.29) is 148 Å². The van der Waals surface area contributed by atoms with E-state index in [1.54, 1.807) is 262 Å². The average Bonchev–Trinajstić information content (AvgIpc) is 0.813. The van der Waals surface area contributed by atoms with Gasteiger partial charge < -0.3 is 97.9 Å². The fourth-order valence-electron chi connectivity index (χ4n) is 18.1. The normalized spacial score (nSPS) is 14.1. The maximum absolute atomic E-state index is 16.2. The quantitative estimate of drug-likeness (QED) is 0.0152. The van der Waals surface area contributed by atoms with Crippen LogP contribution in [0.4, 0.5) is 0 Å². The molecule has 1 heterocycles. The number of nitrogens with zero attached hydrogens (tertiary/aromatic N) is 15. The molecule has 7 aromatic carbocycles. The van der Waals surface area contributed by atoms with E-state index < -0.39 is 216 Å². The molecule has 0 saturated carbocycles. The number of carboxylic acids is 3. The van der Waals surface area contributed by atoms with E-state index >= 15 is 47.9 Å². The molecule has 0 aliphatic carbocycles. The third-order valence-corrected chi connectivity index (χ3v) is 27.3. The summed E-state index contributed by atoms with van der Waals surface area (Å²) in [7, 11) is 0. The number of benzene rings is 7. The summed E-state index contributed by atoms with van der Waals surface area (Å²) < 4.78 is 0. The maximum Gasteiger partial charge on any atom is 2.00 e. The number of carbonyl (C=O) groups excluding carboxylic acids is 12. The molecule has 7 aromatic rings. The summed E-state index contributed by atoms with van der Waals surface area (Å²) in [6.45, 7) is 5.92. The molecule has 0 unspecified atom stereocenters. The molecule has 8 rings (SSSR count). The molecular weight excluding hydrogens is 1950 g/mol. The first-order chi connectivity index (χ1) is 71.0. The molecule has 39 heteroatoms. The summed E-state index contributed by atoms with van der Waals surface area (Å²) in [5, 5.41) is 29.8. The van der Waals surface area contributed by atoms with Crippen LogP contribution in [0.15, 0.2) is 212 Å². The molecule has 13 N–H and O–H groups in total. The molecule has 0 spiro atoms. The summed E-state index contributed by atoms with van der Waals surface area (Å²) in [5.41, 5.74) is 34.4. The second kappa shape index (κ2) is 64.9. The van der Waals surface area contributed by atoms with Crippen molar-refractivity contribution in [3.05, 3.63) is 251 Å². The monoisotopic (exact) mass is 2110 g/mol. The second-order valence-corrected chi connectivity index (χ2v) is 37.8. The zero-order chi connectivity index (χ0) is 108. The van der Waals surface area contributed by atoms with Gasteiger partial charge in [0.2, 0.25) is 70.9 Å². The van der Waals surface area contributed by atoms with Gasteiger partial charge in [0.05, 0.1) is 101 Å². The van der Waals surface area contributed by atoms with Gasteiger partial charge in [0.1, 0.15) is 39.3 Å². The van der Waals surface area contributed by atoms with Crippen molar-refractivity contribution in [3.8, 4) is 0 Å². The van der Waals surface area contributed by atoms with Crippen molar-refractivity contribution in [2.45, 2.75) is 142 Å². The molecule has 0 aromatic heterocycles. The van der Waals surface area contributed by atoms with Crippen LogP contribution in [-0.4, -0.2) is 380 Å².